The van der Waals surface area contributed by atoms with Crippen LogP contribution in [-0.4, -0.2) is 34.7 Å². The molecule has 1 aromatic carbocycles. The Morgan fingerprint density at radius 2 is 2.16 bits per heavy atom. The number of aromatic nitrogens is 2. The van der Waals surface area contributed by atoms with Crippen molar-refractivity contribution in [1.82, 2.24) is 14.7 Å². The molecule has 6 heteroatoms. The van der Waals surface area contributed by atoms with Crippen molar-refractivity contribution in [3.8, 4) is 5.69 Å². The zero-order chi connectivity index (χ0) is 14.0. The van der Waals surface area contributed by atoms with Crippen LogP contribution in [0.15, 0.2) is 34.9 Å². The van der Waals surface area contributed by atoms with Crippen LogP contribution in [0.2, 0.25) is 0 Å². The summed E-state index contributed by atoms with van der Waals surface area (Å²) >= 11 is 3.49. The zero-order valence-electron chi connectivity index (χ0n) is 10.8. The summed E-state index contributed by atoms with van der Waals surface area (Å²) in [5.74, 6) is -0.117. The first-order chi connectivity index (χ1) is 9.02. The fourth-order valence-electron chi connectivity index (χ4n) is 1.66. The van der Waals surface area contributed by atoms with Gasteiger partial charge in [-0.05, 0) is 39.7 Å². The van der Waals surface area contributed by atoms with Crippen molar-refractivity contribution in [2.75, 3.05) is 14.1 Å². The van der Waals surface area contributed by atoms with Crippen LogP contribution < -0.4 is 5.73 Å². The van der Waals surface area contributed by atoms with Crippen LogP contribution in [0.25, 0.3) is 5.69 Å². The predicted molar refractivity (Wildman–Crippen MR) is 77.2 cm³/mol. The number of hydrogen-bond acceptors (Lipinski definition) is 3. The summed E-state index contributed by atoms with van der Waals surface area (Å²) < 4.78 is 2.56. The van der Waals surface area contributed by atoms with Crippen molar-refractivity contribution < 1.29 is 4.79 Å². The van der Waals surface area contributed by atoms with Crippen LogP contribution in [0.1, 0.15) is 16.1 Å². The normalized spacial score (nSPS) is 10.5. The first-order valence-corrected chi connectivity index (χ1v) is 6.58. The van der Waals surface area contributed by atoms with Crippen LogP contribution in [0.3, 0.4) is 0 Å². The van der Waals surface area contributed by atoms with Gasteiger partial charge in [0, 0.05) is 31.3 Å². The average molecular weight is 323 g/mol. The number of benzene rings is 1. The highest BCUT2D eigenvalue weighted by Crippen LogP contribution is 2.22. The monoisotopic (exact) mass is 322 g/mol. The number of amides is 1. The summed E-state index contributed by atoms with van der Waals surface area (Å²) in [6, 6.07) is 7.51. The fraction of sp³-hybridized carbons (Fsp3) is 0.231. The molecular weight excluding hydrogens is 308 g/mol. The molecule has 0 unspecified atom stereocenters. The van der Waals surface area contributed by atoms with E-state index in [1.165, 1.54) is 4.90 Å². The van der Waals surface area contributed by atoms with E-state index >= 15 is 0 Å². The Labute approximate surface area is 120 Å². The minimum atomic E-state index is -0.117. The predicted octanol–water partition coefficient (Wildman–Crippen LogP) is 1.80. The van der Waals surface area contributed by atoms with Crippen LogP contribution in [0.5, 0.6) is 0 Å². The fourth-order valence-corrected chi connectivity index (χ4v) is 2.27. The summed E-state index contributed by atoms with van der Waals surface area (Å²) in [4.78, 5) is 13.3. The molecule has 0 aliphatic heterocycles. The molecule has 0 aliphatic rings. The van der Waals surface area contributed by atoms with Crippen LogP contribution in [0.4, 0.5) is 0 Å². The molecule has 100 valence electrons. The molecule has 0 radical (unpaired) electrons. The largest absolute Gasteiger partial charge is 0.343 e. The average Bonchev–Trinajstić information content (AvgIpc) is 2.86. The lowest BCUT2D eigenvalue weighted by Crippen LogP contribution is -2.22. The third kappa shape index (κ3) is 2.85. The Bertz CT molecular complexity index is 606. The second kappa shape index (κ2) is 5.54. The molecule has 0 aliphatic carbocycles. The molecule has 2 N–H and O–H groups in total. The number of halogens is 1. The van der Waals surface area contributed by atoms with E-state index in [4.69, 9.17) is 5.73 Å². The van der Waals surface area contributed by atoms with Gasteiger partial charge in [-0.2, -0.15) is 5.10 Å². The topological polar surface area (TPSA) is 64.2 Å². The third-order valence-corrected chi connectivity index (χ3v) is 3.34. The maximum atomic E-state index is 11.8. The quantitative estimate of drug-likeness (QED) is 0.937. The molecule has 2 rings (SSSR count). The van der Waals surface area contributed by atoms with Crippen molar-refractivity contribution in [2.45, 2.75) is 6.54 Å². The number of hydrogen-bond donors (Lipinski definition) is 1. The van der Waals surface area contributed by atoms with Gasteiger partial charge < -0.3 is 10.6 Å². The number of carbonyl (C=O) groups excluding carboxylic acids is 1. The summed E-state index contributed by atoms with van der Waals surface area (Å²) in [7, 11) is 3.40. The first kappa shape index (κ1) is 13.8. The van der Waals surface area contributed by atoms with Gasteiger partial charge in [-0.25, -0.2) is 4.68 Å². The highest BCUT2D eigenvalue weighted by molar-refractivity contribution is 9.10. The molecular formula is C13H15BrN4O. The van der Waals surface area contributed by atoms with Crippen molar-refractivity contribution in [3.05, 3.63) is 46.2 Å². The lowest BCUT2D eigenvalue weighted by molar-refractivity contribution is 0.0821. The lowest BCUT2D eigenvalue weighted by atomic mass is 10.2. The second-order valence-corrected chi connectivity index (χ2v) is 5.19. The Balaban J connectivity index is 2.35. The summed E-state index contributed by atoms with van der Waals surface area (Å²) in [5.41, 5.74) is 7.91. The van der Waals surface area contributed by atoms with Gasteiger partial charge in [0.15, 0.2) is 5.69 Å². The maximum absolute atomic E-state index is 11.8. The number of carbonyl (C=O) groups is 1. The molecule has 0 saturated carbocycles. The molecule has 1 heterocycles. The number of rotatable bonds is 3. The minimum absolute atomic E-state index is 0.117. The zero-order valence-corrected chi connectivity index (χ0v) is 12.4. The van der Waals surface area contributed by atoms with E-state index in [1.807, 2.05) is 18.2 Å². The van der Waals surface area contributed by atoms with Crippen molar-refractivity contribution >= 4 is 21.8 Å². The Morgan fingerprint density at radius 1 is 1.42 bits per heavy atom. The van der Waals surface area contributed by atoms with E-state index in [9.17, 15) is 4.79 Å². The lowest BCUT2D eigenvalue weighted by Gasteiger charge is -2.08. The van der Waals surface area contributed by atoms with Crippen LogP contribution in [0, 0.1) is 0 Å². The van der Waals surface area contributed by atoms with Gasteiger partial charge in [-0.15, -0.1) is 0 Å². The molecule has 0 spiro atoms. The van der Waals surface area contributed by atoms with Crippen LogP contribution >= 0.6 is 15.9 Å². The number of nitrogens with two attached hydrogens (primary N) is 1. The molecule has 0 bridgehead atoms. The molecule has 1 aromatic heterocycles. The van der Waals surface area contributed by atoms with Gasteiger partial charge in [0.25, 0.3) is 5.91 Å². The molecule has 0 fully saturated rings. The molecule has 0 saturated heterocycles. The van der Waals surface area contributed by atoms with E-state index in [0.717, 1.165) is 15.7 Å². The molecule has 2 aromatic rings. The van der Waals surface area contributed by atoms with Crippen molar-refractivity contribution in [2.24, 2.45) is 5.73 Å². The van der Waals surface area contributed by atoms with E-state index in [0.29, 0.717) is 12.2 Å². The number of nitrogens with zero attached hydrogens (tertiary/aromatic N) is 3. The van der Waals surface area contributed by atoms with Gasteiger partial charge in [0.05, 0.1) is 5.69 Å². The SMILES string of the molecule is CN(C)C(=O)c1ccn(-c2ccc(CN)cc2Br)n1. The van der Waals surface area contributed by atoms with Crippen LogP contribution in [-0.2, 0) is 6.54 Å². The standard InChI is InChI=1S/C13H15BrN4O/c1-17(2)13(19)11-5-6-18(16-11)12-4-3-9(8-15)7-10(12)14/h3-7H,8,15H2,1-2H3. The maximum Gasteiger partial charge on any atom is 0.273 e. The van der Waals surface area contributed by atoms with Gasteiger partial charge >= 0.3 is 0 Å². The Hall–Kier alpha value is -1.66. The first-order valence-electron chi connectivity index (χ1n) is 5.79. The van der Waals surface area contributed by atoms with Gasteiger partial charge in [0.1, 0.15) is 0 Å². The summed E-state index contributed by atoms with van der Waals surface area (Å²) in [6.07, 6.45) is 1.76. The van der Waals surface area contributed by atoms with E-state index in [1.54, 1.807) is 31.0 Å². The summed E-state index contributed by atoms with van der Waals surface area (Å²) in [5, 5.41) is 4.28. The molecule has 1 amide bonds. The highest BCUT2D eigenvalue weighted by atomic mass is 79.9. The molecule has 0 atom stereocenters. The highest BCUT2D eigenvalue weighted by Gasteiger charge is 2.13. The minimum Gasteiger partial charge on any atom is -0.343 e. The second-order valence-electron chi connectivity index (χ2n) is 4.34. The van der Waals surface area contributed by atoms with Crippen molar-refractivity contribution in [3.63, 3.8) is 0 Å². The Kier molecular flexibility index (Phi) is 4.01. The van der Waals surface area contributed by atoms with Gasteiger partial charge in [0.2, 0.25) is 0 Å². The van der Waals surface area contributed by atoms with Gasteiger partial charge in [-0.3, -0.25) is 4.79 Å². The smallest absolute Gasteiger partial charge is 0.273 e. The van der Waals surface area contributed by atoms with Crippen molar-refractivity contribution in [1.29, 1.82) is 0 Å². The van der Waals surface area contributed by atoms with E-state index in [-0.39, 0.29) is 5.91 Å². The molecule has 19 heavy (non-hydrogen) atoms. The third-order valence-electron chi connectivity index (χ3n) is 2.71. The summed E-state index contributed by atoms with van der Waals surface area (Å²) in [6.45, 7) is 0.488. The van der Waals surface area contributed by atoms with Gasteiger partial charge in [-0.1, -0.05) is 6.07 Å². The van der Waals surface area contributed by atoms with E-state index < -0.39 is 0 Å². The molecule has 5 nitrogen and oxygen atoms in total. The van der Waals surface area contributed by atoms with E-state index in [2.05, 4.69) is 21.0 Å². The Morgan fingerprint density at radius 3 is 2.74 bits per heavy atom.